The van der Waals surface area contributed by atoms with Gasteiger partial charge in [-0.1, -0.05) is 24.3 Å². The Morgan fingerprint density at radius 3 is 2.89 bits per heavy atom. The van der Waals surface area contributed by atoms with Gasteiger partial charge < -0.3 is 15.2 Å². The molecule has 2 rings (SSSR count). The highest BCUT2D eigenvalue weighted by atomic mass is 16.5. The Labute approximate surface area is 103 Å². The summed E-state index contributed by atoms with van der Waals surface area (Å²) < 4.78 is 5.08. The maximum Gasteiger partial charge on any atom is 0.323 e. The van der Waals surface area contributed by atoms with Crippen LogP contribution < -0.4 is 5.32 Å². The van der Waals surface area contributed by atoms with Crippen LogP contribution in [-0.4, -0.2) is 35.6 Å². The van der Waals surface area contributed by atoms with E-state index in [1.807, 2.05) is 0 Å². The molecule has 1 heterocycles. The zero-order valence-electron chi connectivity index (χ0n) is 9.33. The highest BCUT2D eigenvalue weighted by Gasteiger charge is 2.34. The van der Waals surface area contributed by atoms with Gasteiger partial charge in [-0.3, -0.25) is 14.4 Å². The third-order valence-corrected chi connectivity index (χ3v) is 2.57. The second-order valence-electron chi connectivity index (χ2n) is 3.86. The zero-order valence-corrected chi connectivity index (χ0v) is 9.33. The molecule has 6 nitrogen and oxygen atoms in total. The van der Waals surface area contributed by atoms with Crippen LogP contribution in [0.25, 0.3) is 0 Å². The van der Waals surface area contributed by atoms with Crippen molar-refractivity contribution in [3.63, 3.8) is 0 Å². The minimum absolute atomic E-state index is 0.453. The summed E-state index contributed by atoms with van der Waals surface area (Å²) in [6.07, 6.45) is 8.01. The average molecular weight is 249 g/mol. The summed E-state index contributed by atoms with van der Waals surface area (Å²) >= 11 is 0. The number of allylic oxidation sites excluding steroid dienone is 2. The Morgan fingerprint density at radius 2 is 2.17 bits per heavy atom. The lowest BCUT2D eigenvalue weighted by molar-refractivity contribution is -0.154. The molecule has 0 aromatic carbocycles. The van der Waals surface area contributed by atoms with Crippen LogP contribution in [0.15, 0.2) is 36.0 Å². The van der Waals surface area contributed by atoms with Gasteiger partial charge in [0.05, 0.1) is 0 Å². The monoisotopic (exact) mass is 249 g/mol. The van der Waals surface area contributed by atoms with Gasteiger partial charge in [-0.15, -0.1) is 0 Å². The SMILES string of the molecule is O=C(O)CNC(=O)C1C=C2C=CC=CC2OC1=O. The van der Waals surface area contributed by atoms with Gasteiger partial charge in [0.15, 0.2) is 5.92 Å². The summed E-state index contributed by atoms with van der Waals surface area (Å²) in [5, 5.41) is 10.6. The van der Waals surface area contributed by atoms with Crippen molar-refractivity contribution in [3.05, 3.63) is 36.0 Å². The molecule has 0 aromatic rings. The first-order valence-electron chi connectivity index (χ1n) is 5.34. The third-order valence-electron chi connectivity index (χ3n) is 2.57. The highest BCUT2D eigenvalue weighted by molar-refractivity contribution is 6.01. The number of rotatable bonds is 3. The lowest BCUT2D eigenvalue weighted by atomic mass is 9.95. The molecule has 0 fully saturated rings. The molecule has 0 radical (unpaired) electrons. The van der Waals surface area contributed by atoms with Crippen molar-refractivity contribution in [3.8, 4) is 0 Å². The Hall–Kier alpha value is -2.37. The summed E-state index contributed by atoms with van der Waals surface area (Å²) in [5.41, 5.74) is 0.715. The van der Waals surface area contributed by atoms with Crippen molar-refractivity contribution in [2.45, 2.75) is 6.10 Å². The van der Waals surface area contributed by atoms with Crippen molar-refractivity contribution < 1.29 is 24.2 Å². The molecule has 0 aromatic heterocycles. The third kappa shape index (κ3) is 2.48. The number of aliphatic carboxylic acids is 1. The maximum absolute atomic E-state index is 11.6. The summed E-state index contributed by atoms with van der Waals surface area (Å²) in [6, 6.07) is 0. The molecule has 1 aliphatic carbocycles. The Morgan fingerprint density at radius 1 is 1.39 bits per heavy atom. The van der Waals surface area contributed by atoms with Gasteiger partial charge in [0.25, 0.3) is 0 Å². The summed E-state index contributed by atoms with van der Waals surface area (Å²) in [7, 11) is 0. The number of esters is 1. The molecule has 2 atom stereocenters. The predicted molar refractivity (Wildman–Crippen MR) is 60.4 cm³/mol. The molecule has 0 saturated carbocycles. The van der Waals surface area contributed by atoms with Gasteiger partial charge in [-0.05, 0) is 11.6 Å². The normalized spacial score (nSPS) is 24.9. The predicted octanol–water partition coefficient (Wildman–Crippen LogP) is -0.219. The van der Waals surface area contributed by atoms with Gasteiger partial charge in [0, 0.05) is 0 Å². The van der Waals surface area contributed by atoms with Crippen LogP contribution >= 0.6 is 0 Å². The minimum Gasteiger partial charge on any atom is -0.480 e. The molecule has 2 aliphatic rings. The molecule has 0 bridgehead atoms. The minimum atomic E-state index is -1.17. The van der Waals surface area contributed by atoms with Crippen LogP contribution in [0.1, 0.15) is 0 Å². The molecule has 94 valence electrons. The van der Waals surface area contributed by atoms with Crippen molar-refractivity contribution >= 4 is 17.8 Å². The number of ether oxygens (including phenoxy) is 1. The first-order valence-corrected chi connectivity index (χ1v) is 5.34. The molecule has 18 heavy (non-hydrogen) atoms. The summed E-state index contributed by atoms with van der Waals surface area (Å²) in [6.45, 7) is -0.523. The Kier molecular flexibility index (Phi) is 3.27. The molecule has 0 saturated heterocycles. The van der Waals surface area contributed by atoms with Crippen LogP contribution in [0, 0.1) is 5.92 Å². The number of carbonyl (C=O) groups excluding carboxylic acids is 2. The van der Waals surface area contributed by atoms with E-state index in [1.165, 1.54) is 6.08 Å². The number of carbonyl (C=O) groups is 3. The second kappa shape index (κ2) is 4.87. The zero-order chi connectivity index (χ0) is 13.1. The van der Waals surface area contributed by atoms with Gasteiger partial charge in [0.2, 0.25) is 5.91 Å². The first kappa shape index (κ1) is 12.1. The molecule has 0 spiro atoms. The number of nitrogens with one attached hydrogen (secondary N) is 1. The van der Waals surface area contributed by atoms with Gasteiger partial charge in [-0.25, -0.2) is 0 Å². The molecule has 1 aliphatic heterocycles. The summed E-state index contributed by atoms with van der Waals surface area (Å²) in [5.74, 6) is -3.60. The van der Waals surface area contributed by atoms with E-state index in [0.29, 0.717) is 5.57 Å². The maximum atomic E-state index is 11.6. The first-order chi connectivity index (χ1) is 8.58. The number of carboxylic acids is 1. The largest absolute Gasteiger partial charge is 0.480 e. The lowest BCUT2D eigenvalue weighted by Crippen LogP contribution is -2.41. The van der Waals surface area contributed by atoms with E-state index in [9.17, 15) is 14.4 Å². The number of carboxylic acid groups (broad SMARTS) is 1. The van der Waals surface area contributed by atoms with Crippen LogP contribution in [0.2, 0.25) is 0 Å². The van der Waals surface area contributed by atoms with E-state index >= 15 is 0 Å². The van der Waals surface area contributed by atoms with Gasteiger partial charge >= 0.3 is 11.9 Å². The lowest BCUT2D eigenvalue weighted by Gasteiger charge is -2.25. The molecule has 6 heteroatoms. The number of hydrogen-bond acceptors (Lipinski definition) is 4. The van der Waals surface area contributed by atoms with Crippen LogP contribution in [-0.2, 0) is 19.1 Å². The van der Waals surface area contributed by atoms with Crippen molar-refractivity contribution in [1.29, 1.82) is 0 Å². The Bertz CT molecular complexity index is 489. The highest BCUT2D eigenvalue weighted by Crippen LogP contribution is 2.24. The van der Waals surface area contributed by atoms with E-state index < -0.39 is 36.4 Å². The fraction of sp³-hybridized carbons (Fsp3) is 0.250. The number of fused-ring (bicyclic) bond motifs is 1. The molecule has 2 unspecified atom stereocenters. The van der Waals surface area contributed by atoms with E-state index in [4.69, 9.17) is 9.84 Å². The molecule has 2 N–H and O–H groups in total. The number of amides is 1. The van der Waals surface area contributed by atoms with Crippen LogP contribution in [0.3, 0.4) is 0 Å². The van der Waals surface area contributed by atoms with Crippen molar-refractivity contribution in [2.75, 3.05) is 6.54 Å². The quantitative estimate of drug-likeness (QED) is 0.533. The van der Waals surface area contributed by atoms with Gasteiger partial charge in [0.1, 0.15) is 12.6 Å². The van der Waals surface area contributed by atoms with Crippen molar-refractivity contribution in [2.24, 2.45) is 5.92 Å². The number of hydrogen-bond donors (Lipinski definition) is 2. The van der Waals surface area contributed by atoms with Crippen molar-refractivity contribution in [1.82, 2.24) is 5.32 Å². The standard InChI is InChI=1S/C12H11NO5/c14-10(15)6-13-11(16)8-5-7-3-1-2-4-9(7)18-12(8)17/h1-5,8-9H,6H2,(H,13,16)(H,14,15). The fourth-order valence-electron chi connectivity index (χ4n) is 1.71. The summed E-state index contributed by atoms with van der Waals surface area (Å²) in [4.78, 5) is 33.6. The van der Waals surface area contributed by atoms with E-state index in [2.05, 4.69) is 5.32 Å². The second-order valence-corrected chi connectivity index (χ2v) is 3.86. The fourth-order valence-corrected chi connectivity index (χ4v) is 1.71. The topological polar surface area (TPSA) is 92.7 Å². The van der Waals surface area contributed by atoms with Gasteiger partial charge in [-0.2, -0.15) is 0 Å². The van der Waals surface area contributed by atoms with E-state index in [-0.39, 0.29) is 0 Å². The smallest absolute Gasteiger partial charge is 0.323 e. The molecular formula is C12H11NO5. The average Bonchev–Trinajstić information content (AvgIpc) is 2.35. The Balaban J connectivity index is 2.11. The molecule has 1 amide bonds. The van der Waals surface area contributed by atoms with E-state index in [1.54, 1.807) is 24.3 Å². The van der Waals surface area contributed by atoms with Crippen LogP contribution in [0.4, 0.5) is 0 Å². The molecular weight excluding hydrogens is 238 g/mol. The van der Waals surface area contributed by atoms with Crippen LogP contribution in [0.5, 0.6) is 0 Å². The van der Waals surface area contributed by atoms with E-state index in [0.717, 1.165) is 0 Å².